The predicted molar refractivity (Wildman–Crippen MR) is 97.7 cm³/mol. The lowest BCUT2D eigenvalue weighted by atomic mass is 10.2. The van der Waals surface area contributed by atoms with Gasteiger partial charge in [0.25, 0.3) is 0 Å². The van der Waals surface area contributed by atoms with Crippen molar-refractivity contribution in [3.63, 3.8) is 0 Å². The molecule has 3 aromatic rings. The summed E-state index contributed by atoms with van der Waals surface area (Å²) < 4.78 is 0. The number of hydrogen-bond acceptors (Lipinski definition) is 5. The van der Waals surface area contributed by atoms with Crippen LogP contribution in [0.2, 0.25) is 0 Å². The first-order chi connectivity index (χ1) is 11.9. The molecule has 0 saturated carbocycles. The van der Waals surface area contributed by atoms with Crippen molar-refractivity contribution in [1.29, 1.82) is 0 Å². The number of fused-ring (bicyclic) bond motifs is 1. The monoisotopic (exact) mass is 319 g/mol. The third-order valence-corrected chi connectivity index (χ3v) is 4.45. The van der Waals surface area contributed by atoms with E-state index in [2.05, 4.69) is 32.3 Å². The summed E-state index contributed by atoms with van der Waals surface area (Å²) in [5.41, 5.74) is 1.87. The third-order valence-electron chi connectivity index (χ3n) is 4.45. The molecule has 1 aromatic carbocycles. The summed E-state index contributed by atoms with van der Waals surface area (Å²) >= 11 is 0. The maximum Gasteiger partial charge on any atom is 0.229 e. The fourth-order valence-corrected chi connectivity index (χ4v) is 3.21. The van der Waals surface area contributed by atoms with Gasteiger partial charge in [-0.2, -0.15) is 4.98 Å². The van der Waals surface area contributed by atoms with Crippen LogP contribution in [0.25, 0.3) is 10.9 Å². The van der Waals surface area contributed by atoms with E-state index in [-0.39, 0.29) is 0 Å². The molecule has 0 atom stereocenters. The van der Waals surface area contributed by atoms with Gasteiger partial charge >= 0.3 is 0 Å². The molecule has 0 aliphatic carbocycles. The summed E-state index contributed by atoms with van der Waals surface area (Å²) in [5.74, 6) is 1.62. The molecule has 0 radical (unpaired) electrons. The Hall–Kier alpha value is -2.69. The van der Waals surface area contributed by atoms with Crippen LogP contribution in [0.5, 0.6) is 0 Å². The van der Waals surface area contributed by atoms with Crippen molar-refractivity contribution in [2.24, 2.45) is 0 Å². The van der Waals surface area contributed by atoms with Crippen LogP contribution in [0, 0.1) is 0 Å². The number of rotatable bonds is 3. The highest BCUT2D eigenvalue weighted by Crippen LogP contribution is 2.24. The maximum absolute atomic E-state index is 4.72. The summed E-state index contributed by atoms with van der Waals surface area (Å²) in [7, 11) is 0. The molecule has 0 unspecified atom stereocenters. The lowest BCUT2D eigenvalue weighted by molar-refractivity contribution is 0.726. The van der Waals surface area contributed by atoms with Gasteiger partial charge in [-0.05, 0) is 31.0 Å². The first kappa shape index (κ1) is 14.9. The number of aromatic nitrogens is 3. The zero-order chi connectivity index (χ0) is 16.2. The van der Waals surface area contributed by atoms with Crippen LogP contribution < -0.4 is 10.2 Å². The van der Waals surface area contributed by atoms with Crippen molar-refractivity contribution >= 4 is 28.4 Å². The lowest BCUT2D eigenvalue weighted by Gasteiger charge is -2.21. The van der Waals surface area contributed by atoms with E-state index in [9.17, 15) is 0 Å². The molecule has 2 aromatic heterocycles. The maximum atomic E-state index is 4.72. The van der Waals surface area contributed by atoms with Gasteiger partial charge in [-0.1, -0.05) is 31.0 Å². The predicted octanol–water partition coefficient (Wildman–Crippen LogP) is 4.15. The summed E-state index contributed by atoms with van der Waals surface area (Å²) in [6, 6.07) is 12.1. The second kappa shape index (κ2) is 6.83. The van der Waals surface area contributed by atoms with E-state index in [0.29, 0.717) is 5.95 Å². The van der Waals surface area contributed by atoms with Crippen molar-refractivity contribution in [2.45, 2.75) is 25.7 Å². The Balaban J connectivity index is 1.61. The van der Waals surface area contributed by atoms with Gasteiger partial charge in [-0.15, -0.1) is 0 Å². The Morgan fingerprint density at radius 3 is 2.54 bits per heavy atom. The van der Waals surface area contributed by atoms with Crippen LogP contribution in [-0.4, -0.2) is 28.0 Å². The molecule has 0 bridgehead atoms. The smallest absolute Gasteiger partial charge is 0.229 e. The van der Waals surface area contributed by atoms with E-state index in [0.717, 1.165) is 35.5 Å². The first-order valence-corrected chi connectivity index (χ1v) is 8.59. The molecule has 5 heteroatoms. The molecule has 4 rings (SSSR count). The minimum absolute atomic E-state index is 0.620. The average molecular weight is 319 g/mol. The van der Waals surface area contributed by atoms with E-state index < -0.39 is 0 Å². The molecule has 1 saturated heterocycles. The van der Waals surface area contributed by atoms with Crippen LogP contribution in [0.1, 0.15) is 25.7 Å². The molecule has 0 amide bonds. The summed E-state index contributed by atoms with van der Waals surface area (Å²) in [6.07, 6.45) is 8.74. The highest BCUT2D eigenvalue weighted by atomic mass is 15.2. The van der Waals surface area contributed by atoms with Gasteiger partial charge < -0.3 is 10.2 Å². The Bertz CT molecular complexity index is 819. The highest BCUT2D eigenvalue weighted by molar-refractivity contribution is 5.91. The Kier molecular flexibility index (Phi) is 4.23. The van der Waals surface area contributed by atoms with Gasteiger partial charge in [0.15, 0.2) is 0 Å². The third kappa shape index (κ3) is 3.15. The van der Waals surface area contributed by atoms with Crippen molar-refractivity contribution in [3.05, 3.63) is 48.8 Å². The zero-order valence-electron chi connectivity index (χ0n) is 13.7. The van der Waals surface area contributed by atoms with Gasteiger partial charge in [-0.25, -0.2) is 4.98 Å². The minimum atomic E-state index is 0.620. The second-order valence-corrected chi connectivity index (χ2v) is 6.15. The number of anilines is 3. The van der Waals surface area contributed by atoms with Gasteiger partial charge in [0, 0.05) is 30.9 Å². The van der Waals surface area contributed by atoms with Crippen LogP contribution in [0.15, 0.2) is 48.8 Å². The molecule has 0 spiro atoms. The van der Waals surface area contributed by atoms with Crippen molar-refractivity contribution in [1.82, 2.24) is 15.0 Å². The normalized spacial score (nSPS) is 15.2. The van der Waals surface area contributed by atoms with Crippen LogP contribution in [-0.2, 0) is 0 Å². The average Bonchev–Trinajstić information content (AvgIpc) is 2.92. The van der Waals surface area contributed by atoms with E-state index >= 15 is 0 Å². The number of nitrogens with one attached hydrogen (secondary N) is 1. The number of pyridine rings is 1. The molecular formula is C19H21N5. The van der Waals surface area contributed by atoms with Crippen LogP contribution in [0.4, 0.5) is 17.5 Å². The fourth-order valence-electron chi connectivity index (χ4n) is 3.21. The zero-order valence-corrected chi connectivity index (χ0v) is 13.7. The quantitative estimate of drug-likeness (QED) is 0.786. The molecule has 3 heterocycles. The molecule has 1 aliphatic rings. The van der Waals surface area contributed by atoms with Crippen molar-refractivity contribution in [2.75, 3.05) is 23.3 Å². The fraction of sp³-hybridized carbons (Fsp3) is 0.316. The van der Waals surface area contributed by atoms with Gasteiger partial charge in [-0.3, -0.25) is 4.98 Å². The molecule has 1 N–H and O–H groups in total. The van der Waals surface area contributed by atoms with Gasteiger partial charge in [0.1, 0.15) is 5.82 Å². The summed E-state index contributed by atoms with van der Waals surface area (Å²) in [5, 5.41) is 4.43. The van der Waals surface area contributed by atoms with E-state index in [1.54, 1.807) is 0 Å². The molecule has 1 fully saturated rings. The SMILES string of the molecule is c1cnc2c(Nc3nccc(N4CCCCCC4)n3)cccc2c1. The van der Waals surface area contributed by atoms with Gasteiger partial charge in [0.2, 0.25) is 5.95 Å². The number of nitrogens with zero attached hydrogens (tertiary/aromatic N) is 4. The topological polar surface area (TPSA) is 53.9 Å². The Morgan fingerprint density at radius 2 is 1.67 bits per heavy atom. The minimum Gasteiger partial charge on any atom is -0.356 e. The molecular weight excluding hydrogens is 298 g/mol. The Labute approximate surface area is 141 Å². The van der Waals surface area contributed by atoms with E-state index in [4.69, 9.17) is 4.98 Å². The van der Waals surface area contributed by atoms with Crippen LogP contribution >= 0.6 is 0 Å². The number of benzene rings is 1. The van der Waals surface area contributed by atoms with Crippen LogP contribution in [0.3, 0.4) is 0 Å². The summed E-state index contributed by atoms with van der Waals surface area (Å²) in [6.45, 7) is 2.15. The molecule has 5 nitrogen and oxygen atoms in total. The molecule has 1 aliphatic heterocycles. The van der Waals surface area contributed by atoms with Crippen molar-refractivity contribution in [3.8, 4) is 0 Å². The van der Waals surface area contributed by atoms with E-state index in [1.807, 2.05) is 36.7 Å². The Morgan fingerprint density at radius 1 is 0.833 bits per heavy atom. The highest BCUT2D eigenvalue weighted by Gasteiger charge is 2.12. The second-order valence-electron chi connectivity index (χ2n) is 6.15. The molecule has 122 valence electrons. The van der Waals surface area contributed by atoms with Gasteiger partial charge in [0.05, 0.1) is 11.2 Å². The number of para-hydroxylation sites is 1. The summed E-state index contributed by atoms with van der Waals surface area (Å²) in [4.78, 5) is 15.9. The standard InChI is InChI=1S/C19H21N5/c1-2-4-14-24(13-3-1)17-10-12-21-19(23-17)22-16-9-5-7-15-8-6-11-20-18(15)16/h5-12H,1-4,13-14H2,(H,21,22,23). The van der Waals surface area contributed by atoms with Crippen molar-refractivity contribution < 1.29 is 0 Å². The lowest BCUT2D eigenvalue weighted by Crippen LogP contribution is -2.25. The number of hydrogen-bond donors (Lipinski definition) is 1. The first-order valence-electron chi connectivity index (χ1n) is 8.59. The molecule has 24 heavy (non-hydrogen) atoms. The largest absolute Gasteiger partial charge is 0.356 e. The van der Waals surface area contributed by atoms with E-state index in [1.165, 1.54) is 25.7 Å².